The summed E-state index contributed by atoms with van der Waals surface area (Å²) in [6, 6.07) is 7.23. The number of carbonyl (C=O) groups excluding carboxylic acids is 4. The van der Waals surface area contributed by atoms with Crippen LogP contribution in [0.25, 0.3) is 0 Å². The van der Waals surface area contributed by atoms with Gasteiger partial charge in [-0.2, -0.15) is 0 Å². The zero-order valence-electron chi connectivity index (χ0n) is 17.0. The van der Waals surface area contributed by atoms with E-state index in [0.717, 1.165) is 22.6 Å². The minimum absolute atomic E-state index is 0.0405. The maximum Gasteiger partial charge on any atom is 0.324 e. The molecule has 4 amide bonds. The molecule has 2 saturated heterocycles. The number of carbonyl (C=O) groups is 4. The van der Waals surface area contributed by atoms with Crippen LogP contribution in [0.3, 0.4) is 0 Å². The highest BCUT2D eigenvalue weighted by Crippen LogP contribution is 2.33. The van der Waals surface area contributed by atoms with Gasteiger partial charge in [-0.05, 0) is 30.9 Å². The Bertz CT molecular complexity index is 824. The number of nitrogens with one attached hydrogen (secondary N) is 1. The van der Waals surface area contributed by atoms with Gasteiger partial charge in [-0.3, -0.25) is 19.3 Å². The highest BCUT2D eigenvalue weighted by atomic mass is 16.5. The molecule has 2 fully saturated rings. The van der Waals surface area contributed by atoms with Crippen molar-refractivity contribution in [2.75, 3.05) is 24.5 Å². The number of anilines is 1. The van der Waals surface area contributed by atoms with Gasteiger partial charge >= 0.3 is 12.0 Å². The Labute approximate surface area is 170 Å². The minimum atomic E-state index is -1.08. The van der Waals surface area contributed by atoms with Crippen molar-refractivity contribution in [2.24, 2.45) is 5.92 Å². The van der Waals surface area contributed by atoms with Crippen molar-refractivity contribution in [3.8, 4) is 0 Å². The Morgan fingerprint density at radius 1 is 1.24 bits per heavy atom. The molecule has 8 heteroatoms. The molecule has 1 aromatic rings. The van der Waals surface area contributed by atoms with Crippen molar-refractivity contribution in [2.45, 2.75) is 45.6 Å². The van der Waals surface area contributed by atoms with Gasteiger partial charge in [-0.15, -0.1) is 0 Å². The van der Waals surface area contributed by atoms with Crippen LogP contribution in [0.5, 0.6) is 0 Å². The largest absolute Gasteiger partial charge is 0.452 e. The van der Waals surface area contributed by atoms with Crippen LogP contribution in [0.4, 0.5) is 10.5 Å². The number of para-hydroxylation sites is 1. The molecule has 2 heterocycles. The number of esters is 1. The van der Waals surface area contributed by atoms with E-state index in [1.165, 1.54) is 6.92 Å². The van der Waals surface area contributed by atoms with Crippen LogP contribution in [-0.2, 0) is 19.1 Å². The van der Waals surface area contributed by atoms with Gasteiger partial charge in [0.25, 0.3) is 5.91 Å². The molecular formula is C21H27N3O5. The average Bonchev–Trinajstić information content (AvgIpc) is 3.32. The quantitative estimate of drug-likeness (QED) is 0.736. The molecule has 3 rings (SSSR count). The average molecular weight is 401 g/mol. The van der Waals surface area contributed by atoms with Crippen LogP contribution in [0.1, 0.15) is 45.1 Å². The number of nitrogens with zero attached hydrogens (tertiary/aromatic N) is 2. The molecule has 156 valence electrons. The van der Waals surface area contributed by atoms with Crippen molar-refractivity contribution in [1.82, 2.24) is 10.2 Å². The summed E-state index contributed by atoms with van der Waals surface area (Å²) in [5, 5.41) is 2.54. The Balaban J connectivity index is 1.66. The van der Waals surface area contributed by atoms with Gasteiger partial charge in [0.2, 0.25) is 5.91 Å². The van der Waals surface area contributed by atoms with Crippen molar-refractivity contribution < 1.29 is 23.9 Å². The molecule has 0 spiro atoms. The highest BCUT2D eigenvalue weighted by Gasteiger charge is 2.39. The molecule has 0 aliphatic carbocycles. The lowest BCUT2D eigenvalue weighted by atomic mass is 9.96. The second-order valence-electron chi connectivity index (χ2n) is 7.57. The first-order valence-corrected chi connectivity index (χ1v) is 10.0. The van der Waals surface area contributed by atoms with E-state index in [-0.39, 0.29) is 31.3 Å². The van der Waals surface area contributed by atoms with Crippen LogP contribution < -0.4 is 10.2 Å². The van der Waals surface area contributed by atoms with Crippen LogP contribution in [0.2, 0.25) is 0 Å². The van der Waals surface area contributed by atoms with Crippen LogP contribution in [-0.4, -0.2) is 54.5 Å². The number of rotatable bonds is 6. The maximum atomic E-state index is 12.6. The van der Waals surface area contributed by atoms with Gasteiger partial charge in [-0.1, -0.05) is 32.0 Å². The second-order valence-corrected chi connectivity index (χ2v) is 7.57. The molecule has 8 nitrogen and oxygen atoms in total. The zero-order valence-corrected chi connectivity index (χ0v) is 17.0. The van der Waals surface area contributed by atoms with E-state index in [1.807, 2.05) is 24.3 Å². The number of imide groups is 1. The van der Waals surface area contributed by atoms with Crippen molar-refractivity contribution in [3.05, 3.63) is 29.8 Å². The molecule has 0 bridgehead atoms. The lowest BCUT2D eigenvalue weighted by Crippen LogP contribution is -2.42. The topological polar surface area (TPSA) is 96.0 Å². The maximum absolute atomic E-state index is 12.6. The third-order valence-electron chi connectivity index (χ3n) is 5.59. The molecule has 29 heavy (non-hydrogen) atoms. The van der Waals surface area contributed by atoms with E-state index in [0.29, 0.717) is 6.54 Å². The molecule has 3 atom stereocenters. The molecule has 0 unspecified atom stereocenters. The zero-order chi connectivity index (χ0) is 21.1. The van der Waals surface area contributed by atoms with Gasteiger partial charge in [0.05, 0.1) is 5.92 Å². The first-order valence-electron chi connectivity index (χ1n) is 10.0. The van der Waals surface area contributed by atoms with Crippen molar-refractivity contribution in [3.63, 3.8) is 0 Å². The molecule has 2 aliphatic heterocycles. The summed E-state index contributed by atoms with van der Waals surface area (Å²) in [6.07, 6.45) is -0.101. The lowest BCUT2D eigenvalue weighted by molar-refractivity contribution is -0.160. The second kappa shape index (κ2) is 8.63. The highest BCUT2D eigenvalue weighted by molar-refractivity contribution is 6.01. The van der Waals surface area contributed by atoms with Crippen molar-refractivity contribution in [1.29, 1.82) is 0 Å². The fraction of sp³-hybridized carbons (Fsp3) is 0.524. The normalized spacial score (nSPS) is 21.1. The Hall–Kier alpha value is -2.90. The van der Waals surface area contributed by atoms with E-state index in [1.54, 1.807) is 4.90 Å². The SMILES string of the molecule is CC[C@H](C)c1ccccc1N1C[C@H](C(=O)O[C@@H](C)C(=O)N2CCNC2=O)CC1=O. The fourth-order valence-corrected chi connectivity index (χ4v) is 3.69. The third kappa shape index (κ3) is 4.26. The first-order chi connectivity index (χ1) is 13.8. The van der Waals surface area contributed by atoms with Crippen LogP contribution >= 0.6 is 0 Å². The Kier molecular flexibility index (Phi) is 6.20. The Morgan fingerprint density at radius 3 is 2.62 bits per heavy atom. The van der Waals surface area contributed by atoms with E-state index in [2.05, 4.69) is 19.2 Å². The van der Waals surface area contributed by atoms with E-state index < -0.39 is 29.9 Å². The van der Waals surface area contributed by atoms with Crippen molar-refractivity contribution >= 4 is 29.5 Å². The summed E-state index contributed by atoms with van der Waals surface area (Å²) in [7, 11) is 0. The summed E-state index contributed by atoms with van der Waals surface area (Å²) >= 11 is 0. The van der Waals surface area contributed by atoms with Gasteiger partial charge in [0.15, 0.2) is 6.10 Å². The Morgan fingerprint density at radius 2 is 1.97 bits per heavy atom. The number of hydrogen-bond donors (Lipinski definition) is 1. The number of amides is 4. The van der Waals surface area contributed by atoms with Crippen LogP contribution in [0.15, 0.2) is 24.3 Å². The predicted molar refractivity (Wildman–Crippen MR) is 106 cm³/mol. The molecule has 0 saturated carbocycles. The fourth-order valence-electron chi connectivity index (χ4n) is 3.69. The number of ether oxygens (including phenoxy) is 1. The van der Waals surface area contributed by atoms with Gasteiger partial charge in [-0.25, -0.2) is 4.79 Å². The lowest BCUT2D eigenvalue weighted by Gasteiger charge is -2.23. The molecule has 1 aromatic carbocycles. The van der Waals surface area contributed by atoms with Gasteiger partial charge < -0.3 is 15.0 Å². The number of urea groups is 1. The number of benzene rings is 1. The standard InChI is InChI=1S/C21H27N3O5/c1-4-13(2)16-7-5-6-8-17(16)24-12-15(11-18(24)25)20(27)29-14(3)19(26)23-10-9-22-21(23)28/h5-8,13-15H,4,9-12H2,1-3H3,(H,22,28)/t13-,14-,15+/m0/s1. The molecule has 0 aromatic heterocycles. The van der Waals surface area contributed by atoms with Gasteiger partial charge in [0.1, 0.15) is 0 Å². The summed E-state index contributed by atoms with van der Waals surface area (Å²) in [5.41, 5.74) is 1.89. The van der Waals surface area contributed by atoms with E-state index in [9.17, 15) is 19.2 Å². The molecule has 2 aliphatic rings. The first kappa shape index (κ1) is 20.8. The summed E-state index contributed by atoms with van der Waals surface area (Å²) in [5.74, 6) is -1.65. The monoisotopic (exact) mass is 401 g/mol. The summed E-state index contributed by atoms with van der Waals surface area (Å²) in [6.45, 7) is 6.49. The summed E-state index contributed by atoms with van der Waals surface area (Å²) < 4.78 is 5.30. The minimum Gasteiger partial charge on any atom is -0.452 e. The van der Waals surface area contributed by atoms with Gasteiger partial charge in [0, 0.05) is 31.7 Å². The van der Waals surface area contributed by atoms with E-state index in [4.69, 9.17) is 4.74 Å². The third-order valence-corrected chi connectivity index (χ3v) is 5.59. The van der Waals surface area contributed by atoms with E-state index >= 15 is 0 Å². The summed E-state index contributed by atoms with van der Waals surface area (Å²) in [4.78, 5) is 51.8. The van der Waals surface area contributed by atoms with Crippen LogP contribution in [0, 0.1) is 5.92 Å². The molecule has 1 N–H and O–H groups in total. The number of hydrogen-bond acceptors (Lipinski definition) is 5. The predicted octanol–water partition coefficient (Wildman–Crippen LogP) is 2.04. The molecule has 0 radical (unpaired) electrons. The smallest absolute Gasteiger partial charge is 0.324 e. The molecular weight excluding hydrogens is 374 g/mol.